The van der Waals surface area contributed by atoms with Crippen molar-refractivity contribution in [3.63, 3.8) is 0 Å². The molecule has 2 heterocycles. The SMILES string of the molecule is CCCSc1nnc2ccc(S(=O)(=O)N(CC)CC)cn12. The first kappa shape index (κ1) is 16.3. The monoisotopic (exact) mass is 328 g/mol. The van der Waals surface area contributed by atoms with E-state index in [0.29, 0.717) is 18.7 Å². The zero-order valence-electron chi connectivity index (χ0n) is 12.5. The summed E-state index contributed by atoms with van der Waals surface area (Å²) in [5.74, 6) is 0.924. The van der Waals surface area contributed by atoms with Gasteiger partial charge in [0, 0.05) is 25.0 Å². The number of fused-ring (bicyclic) bond motifs is 1. The van der Waals surface area contributed by atoms with Gasteiger partial charge in [-0.25, -0.2) is 8.42 Å². The van der Waals surface area contributed by atoms with Gasteiger partial charge in [0.25, 0.3) is 0 Å². The molecule has 21 heavy (non-hydrogen) atoms. The molecule has 0 amide bonds. The van der Waals surface area contributed by atoms with Gasteiger partial charge in [-0.3, -0.25) is 4.40 Å². The number of aromatic nitrogens is 3. The molecule has 0 aromatic carbocycles. The smallest absolute Gasteiger partial charge is 0.244 e. The lowest BCUT2D eigenvalue weighted by Gasteiger charge is -2.18. The Balaban J connectivity index is 2.46. The normalized spacial score (nSPS) is 12.4. The van der Waals surface area contributed by atoms with Crippen molar-refractivity contribution in [3.05, 3.63) is 18.3 Å². The van der Waals surface area contributed by atoms with Gasteiger partial charge in [0.2, 0.25) is 10.0 Å². The molecule has 0 fully saturated rings. The molecule has 0 unspecified atom stereocenters. The number of thioether (sulfide) groups is 1. The van der Waals surface area contributed by atoms with E-state index in [1.807, 2.05) is 13.8 Å². The minimum absolute atomic E-state index is 0.275. The van der Waals surface area contributed by atoms with Crippen molar-refractivity contribution in [2.75, 3.05) is 18.8 Å². The molecule has 2 rings (SSSR count). The predicted octanol–water partition coefficient (Wildman–Crippen LogP) is 2.26. The first-order valence-corrected chi connectivity index (χ1v) is 9.44. The van der Waals surface area contributed by atoms with Crippen LogP contribution in [-0.4, -0.2) is 46.2 Å². The molecule has 8 heteroatoms. The van der Waals surface area contributed by atoms with E-state index in [2.05, 4.69) is 17.1 Å². The van der Waals surface area contributed by atoms with Gasteiger partial charge in [0.05, 0.1) is 4.90 Å². The second kappa shape index (κ2) is 6.76. The Kier molecular flexibility index (Phi) is 5.23. The summed E-state index contributed by atoms with van der Waals surface area (Å²) in [6.45, 7) is 6.67. The molecular weight excluding hydrogens is 308 g/mol. The van der Waals surface area contributed by atoms with Crippen molar-refractivity contribution in [1.82, 2.24) is 18.9 Å². The fourth-order valence-corrected chi connectivity index (χ4v) is 4.23. The number of hydrogen-bond acceptors (Lipinski definition) is 5. The molecule has 0 spiro atoms. The van der Waals surface area contributed by atoms with Crippen molar-refractivity contribution in [1.29, 1.82) is 0 Å². The minimum Gasteiger partial charge on any atom is -0.276 e. The Morgan fingerprint density at radius 3 is 2.52 bits per heavy atom. The maximum atomic E-state index is 12.6. The second-order valence-electron chi connectivity index (χ2n) is 4.51. The highest BCUT2D eigenvalue weighted by Crippen LogP contribution is 2.21. The van der Waals surface area contributed by atoms with Crippen molar-refractivity contribution in [2.24, 2.45) is 0 Å². The number of pyridine rings is 1. The van der Waals surface area contributed by atoms with E-state index in [0.717, 1.165) is 17.3 Å². The van der Waals surface area contributed by atoms with E-state index in [-0.39, 0.29) is 4.90 Å². The highest BCUT2D eigenvalue weighted by atomic mass is 32.2. The summed E-state index contributed by atoms with van der Waals surface area (Å²) in [5.41, 5.74) is 0.659. The zero-order valence-corrected chi connectivity index (χ0v) is 14.1. The van der Waals surface area contributed by atoms with Crippen LogP contribution in [0.2, 0.25) is 0 Å². The van der Waals surface area contributed by atoms with Crippen LogP contribution in [0.1, 0.15) is 27.2 Å². The van der Waals surface area contributed by atoms with Gasteiger partial charge in [-0.05, 0) is 18.6 Å². The van der Waals surface area contributed by atoms with Crippen LogP contribution in [0.4, 0.5) is 0 Å². The van der Waals surface area contributed by atoms with Gasteiger partial charge in [0.15, 0.2) is 10.8 Å². The molecule has 0 aliphatic heterocycles. The Morgan fingerprint density at radius 2 is 1.90 bits per heavy atom. The quantitative estimate of drug-likeness (QED) is 0.729. The average molecular weight is 328 g/mol. The maximum Gasteiger partial charge on any atom is 0.244 e. The molecule has 0 saturated carbocycles. The predicted molar refractivity (Wildman–Crippen MR) is 84.1 cm³/mol. The van der Waals surface area contributed by atoms with Crippen LogP contribution in [0, 0.1) is 0 Å². The molecule has 0 aliphatic rings. The fourth-order valence-electron chi connectivity index (χ4n) is 2.01. The van der Waals surface area contributed by atoms with Gasteiger partial charge in [-0.1, -0.05) is 32.5 Å². The fraction of sp³-hybridized carbons (Fsp3) is 0.538. The molecule has 0 atom stereocenters. The number of sulfonamides is 1. The molecule has 2 aromatic heterocycles. The highest BCUT2D eigenvalue weighted by molar-refractivity contribution is 7.99. The topological polar surface area (TPSA) is 67.6 Å². The van der Waals surface area contributed by atoms with Gasteiger partial charge in [-0.15, -0.1) is 10.2 Å². The standard InChI is InChI=1S/C13H20N4O2S2/c1-4-9-20-13-15-14-12-8-7-11(10-17(12)13)21(18,19)16(5-2)6-3/h7-8,10H,4-6,9H2,1-3H3. The molecule has 0 bridgehead atoms. The molecule has 0 radical (unpaired) electrons. The van der Waals surface area contributed by atoms with Crippen LogP contribution in [0.25, 0.3) is 5.65 Å². The highest BCUT2D eigenvalue weighted by Gasteiger charge is 2.22. The summed E-state index contributed by atoms with van der Waals surface area (Å²) in [6, 6.07) is 3.28. The Bertz CT molecular complexity index is 708. The third kappa shape index (κ3) is 3.22. The maximum absolute atomic E-state index is 12.6. The number of rotatable bonds is 7. The molecule has 2 aromatic rings. The van der Waals surface area contributed by atoms with E-state index < -0.39 is 10.0 Å². The molecule has 0 N–H and O–H groups in total. The van der Waals surface area contributed by atoms with Gasteiger partial charge < -0.3 is 0 Å². The summed E-state index contributed by atoms with van der Waals surface area (Å²) in [7, 11) is -3.46. The van der Waals surface area contributed by atoms with Crippen LogP contribution >= 0.6 is 11.8 Å². The van der Waals surface area contributed by atoms with Crippen molar-refractivity contribution >= 4 is 27.4 Å². The Morgan fingerprint density at radius 1 is 1.19 bits per heavy atom. The van der Waals surface area contributed by atoms with E-state index >= 15 is 0 Å². The van der Waals surface area contributed by atoms with Gasteiger partial charge in [-0.2, -0.15) is 4.31 Å². The van der Waals surface area contributed by atoms with Crippen molar-refractivity contribution in [3.8, 4) is 0 Å². The minimum atomic E-state index is -3.46. The zero-order chi connectivity index (χ0) is 15.5. The average Bonchev–Trinajstić information content (AvgIpc) is 2.88. The third-order valence-electron chi connectivity index (χ3n) is 3.12. The van der Waals surface area contributed by atoms with Gasteiger partial charge in [0.1, 0.15) is 0 Å². The Labute approximate surface area is 129 Å². The van der Waals surface area contributed by atoms with Gasteiger partial charge >= 0.3 is 0 Å². The molecule has 0 aliphatic carbocycles. The summed E-state index contributed by atoms with van der Waals surface area (Å²) in [5, 5.41) is 8.90. The summed E-state index contributed by atoms with van der Waals surface area (Å²) < 4.78 is 28.3. The van der Waals surface area contributed by atoms with E-state index in [1.54, 1.807) is 34.5 Å². The van der Waals surface area contributed by atoms with Crippen molar-refractivity contribution < 1.29 is 8.42 Å². The van der Waals surface area contributed by atoms with Crippen LogP contribution < -0.4 is 0 Å². The van der Waals surface area contributed by atoms with E-state index in [4.69, 9.17) is 0 Å². The first-order valence-electron chi connectivity index (χ1n) is 7.02. The Hall–Kier alpha value is -1.12. The van der Waals surface area contributed by atoms with E-state index in [9.17, 15) is 8.42 Å². The van der Waals surface area contributed by atoms with Crippen LogP contribution in [0.3, 0.4) is 0 Å². The van der Waals surface area contributed by atoms with Crippen LogP contribution in [-0.2, 0) is 10.0 Å². The molecule has 6 nitrogen and oxygen atoms in total. The largest absolute Gasteiger partial charge is 0.276 e. The first-order chi connectivity index (χ1) is 10.0. The lowest BCUT2D eigenvalue weighted by molar-refractivity contribution is 0.445. The van der Waals surface area contributed by atoms with Crippen LogP contribution in [0.5, 0.6) is 0 Å². The second-order valence-corrected chi connectivity index (χ2v) is 7.51. The number of hydrogen-bond donors (Lipinski definition) is 0. The number of nitrogens with zero attached hydrogens (tertiary/aromatic N) is 4. The van der Waals surface area contributed by atoms with Crippen LogP contribution in [0.15, 0.2) is 28.4 Å². The molecular formula is C13H20N4O2S2. The summed E-state index contributed by atoms with van der Waals surface area (Å²) in [4.78, 5) is 0.275. The molecule has 116 valence electrons. The summed E-state index contributed by atoms with van der Waals surface area (Å²) >= 11 is 1.58. The summed E-state index contributed by atoms with van der Waals surface area (Å²) in [6.07, 6.45) is 2.64. The van der Waals surface area contributed by atoms with Crippen molar-refractivity contribution in [2.45, 2.75) is 37.2 Å². The van der Waals surface area contributed by atoms with E-state index in [1.165, 1.54) is 4.31 Å². The molecule has 0 saturated heterocycles. The third-order valence-corrected chi connectivity index (χ3v) is 6.30. The lowest BCUT2D eigenvalue weighted by Crippen LogP contribution is -2.30. The lowest BCUT2D eigenvalue weighted by atomic mass is 10.5.